The number of hydrogen-bond acceptors (Lipinski definition) is 1. The topological polar surface area (TPSA) is 20.2 Å². The largest absolute Gasteiger partial charge is 0.388 e. The van der Waals surface area contributed by atoms with E-state index in [2.05, 4.69) is 41.6 Å². The standard InChI is InChI=1S/C15H15IO/c1-11-5-2-3-6-12(11)10-15(17)13-7-4-8-14(16)9-13/h2-9,15,17H,10H2,1H3. The van der Waals surface area contributed by atoms with Gasteiger partial charge >= 0.3 is 0 Å². The molecular formula is C15H15IO. The minimum atomic E-state index is -0.425. The summed E-state index contributed by atoms with van der Waals surface area (Å²) < 4.78 is 1.16. The third-order valence-corrected chi connectivity index (χ3v) is 3.58. The van der Waals surface area contributed by atoms with Gasteiger partial charge in [-0.3, -0.25) is 0 Å². The summed E-state index contributed by atoms with van der Waals surface area (Å²) in [5.41, 5.74) is 3.43. The number of rotatable bonds is 3. The Hall–Kier alpha value is -0.870. The maximum absolute atomic E-state index is 10.2. The molecule has 1 atom stereocenters. The average molecular weight is 338 g/mol. The zero-order valence-corrected chi connectivity index (χ0v) is 11.9. The molecule has 17 heavy (non-hydrogen) atoms. The SMILES string of the molecule is Cc1ccccc1CC(O)c1cccc(I)c1. The second-order valence-electron chi connectivity index (χ2n) is 4.20. The first-order valence-electron chi connectivity index (χ1n) is 5.65. The highest BCUT2D eigenvalue weighted by Crippen LogP contribution is 2.21. The van der Waals surface area contributed by atoms with Crippen molar-refractivity contribution < 1.29 is 5.11 Å². The van der Waals surface area contributed by atoms with Crippen LogP contribution in [0.15, 0.2) is 48.5 Å². The maximum atomic E-state index is 10.2. The Kier molecular flexibility index (Phi) is 4.18. The van der Waals surface area contributed by atoms with Gasteiger partial charge in [-0.15, -0.1) is 0 Å². The molecule has 0 saturated heterocycles. The van der Waals surface area contributed by atoms with Crippen molar-refractivity contribution >= 4 is 22.6 Å². The van der Waals surface area contributed by atoms with Gasteiger partial charge in [0.2, 0.25) is 0 Å². The summed E-state index contributed by atoms with van der Waals surface area (Å²) in [7, 11) is 0. The Morgan fingerprint density at radius 1 is 1.12 bits per heavy atom. The van der Waals surface area contributed by atoms with Crippen molar-refractivity contribution in [2.45, 2.75) is 19.4 Å². The molecule has 2 aromatic carbocycles. The Morgan fingerprint density at radius 3 is 2.59 bits per heavy atom. The van der Waals surface area contributed by atoms with E-state index in [4.69, 9.17) is 0 Å². The van der Waals surface area contributed by atoms with Crippen LogP contribution in [0.1, 0.15) is 22.8 Å². The molecule has 0 aliphatic heterocycles. The average Bonchev–Trinajstić information content (AvgIpc) is 2.32. The molecule has 2 aromatic rings. The second-order valence-corrected chi connectivity index (χ2v) is 5.45. The van der Waals surface area contributed by atoms with E-state index in [1.54, 1.807) is 0 Å². The molecule has 0 saturated carbocycles. The molecule has 0 radical (unpaired) electrons. The first-order valence-corrected chi connectivity index (χ1v) is 6.73. The fourth-order valence-electron chi connectivity index (χ4n) is 1.88. The molecule has 2 rings (SSSR count). The number of aryl methyl sites for hydroxylation is 1. The van der Waals surface area contributed by atoms with Crippen LogP contribution >= 0.6 is 22.6 Å². The van der Waals surface area contributed by atoms with E-state index in [9.17, 15) is 5.11 Å². The Morgan fingerprint density at radius 2 is 1.88 bits per heavy atom. The van der Waals surface area contributed by atoms with Gasteiger partial charge < -0.3 is 5.11 Å². The van der Waals surface area contributed by atoms with Crippen molar-refractivity contribution in [3.63, 3.8) is 0 Å². The summed E-state index contributed by atoms with van der Waals surface area (Å²) in [5, 5.41) is 10.2. The molecule has 0 bridgehead atoms. The molecule has 1 N–H and O–H groups in total. The van der Waals surface area contributed by atoms with Crippen LogP contribution in [0.3, 0.4) is 0 Å². The fourth-order valence-corrected chi connectivity index (χ4v) is 2.45. The first-order chi connectivity index (χ1) is 8.16. The van der Waals surface area contributed by atoms with Gasteiger partial charge in [-0.1, -0.05) is 36.4 Å². The van der Waals surface area contributed by atoms with Crippen LogP contribution in [0, 0.1) is 10.5 Å². The molecule has 0 spiro atoms. The summed E-state index contributed by atoms with van der Waals surface area (Å²) >= 11 is 2.27. The maximum Gasteiger partial charge on any atom is 0.0830 e. The van der Waals surface area contributed by atoms with Crippen LogP contribution in [0.5, 0.6) is 0 Å². The predicted octanol–water partition coefficient (Wildman–Crippen LogP) is 3.88. The van der Waals surface area contributed by atoms with Crippen molar-refractivity contribution in [1.29, 1.82) is 0 Å². The summed E-state index contributed by atoms with van der Waals surface area (Å²) in [6.07, 6.45) is 0.248. The molecule has 0 aromatic heterocycles. The Labute approximate surface area is 116 Å². The van der Waals surface area contributed by atoms with Gasteiger partial charge in [-0.25, -0.2) is 0 Å². The quantitative estimate of drug-likeness (QED) is 0.843. The molecule has 1 nitrogen and oxygen atoms in total. The summed E-state index contributed by atoms with van der Waals surface area (Å²) in [6, 6.07) is 16.2. The van der Waals surface area contributed by atoms with Crippen LogP contribution < -0.4 is 0 Å². The normalized spacial score (nSPS) is 12.4. The van der Waals surface area contributed by atoms with Crippen molar-refractivity contribution in [3.05, 3.63) is 68.8 Å². The van der Waals surface area contributed by atoms with E-state index >= 15 is 0 Å². The number of halogens is 1. The lowest BCUT2D eigenvalue weighted by molar-refractivity contribution is 0.178. The lowest BCUT2D eigenvalue weighted by Gasteiger charge is -2.13. The van der Waals surface area contributed by atoms with E-state index in [-0.39, 0.29) is 0 Å². The summed E-state index contributed by atoms with van der Waals surface area (Å²) in [5.74, 6) is 0. The third-order valence-electron chi connectivity index (χ3n) is 2.91. The molecule has 1 unspecified atom stereocenters. The van der Waals surface area contributed by atoms with Crippen molar-refractivity contribution in [2.75, 3.05) is 0 Å². The molecule has 0 aliphatic rings. The number of aliphatic hydroxyl groups is 1. The molecule has 0 heterocycles. The van der Waals surface area contributed by atoms with E-state index in [1.807, 2.05) is 36.4 Å². The molecule has 88 valence electrons. The van der Waals surface area contributed by atoms with Gasteiger partial charge in [-0.05, 0) is 58.3 Å². The van der Waals surface area contributed by atoms with Gasteiger partial charge in [0.1, 0.15) is 0 Å². The van der Waals surface area contributed by atoms with E-state index in [0.717, 1.165) is 9.13 Å². The Balaban J connectivity index is 2.17. The van der Waals surface area contributed by atoms with E-state index in [1.165, 1.54) is 11.1 Å². The smallest absolute Gasteiger partial charge is 0.0830 e. The predicted molar refractivity (Wildman–Crippen MR) is 79.0 cm³/mol. The van der Waals surface area contributed by atoms with Crippen LogP contribution in [0.2, 0.25) is 0 Å². The molecule has 2 heteroatoms. The van der Waals surface area contributed by atoms with Crippen LogP contribution in [0.4, 0.5) is 0 Å². The van der Waals surface area contributed by atoms with Gasteiger partial charge in [0.25, 0.3) is 0 Å². The highest BCUT2D eigenvalue weighted by molar-refractivity contribution is 14.1. The highest BCUT2D eigenvalue weighted by atomic mass is 127. The molecule has 0 fully saturated rings. The first kappa shape index (κ1) is 12.6. The van der Waals surface area contributed by atoms with E-state index < -0.39 is 6.10 Å². The summed E-state index contributed by atoms with van der Waals surface area (Å²) in [6.45, 7) is 2.08. The van der Waals surface area contributed by atoms with Crippen LogP contribution in [0.25, 0.3) is 0 Å². The fraction of sp³-hybridized carbons (Fsp3) is 0.200. The van der Waals surface area contributed by atoms with Gasteiger partial charge in [0, 0.05) is 9.99 Å². The Bertz CT molecular complexity index is 508. The van der Waals surface area contributed by atoms with Crippen molar-refractivity contribution in [2.24, 2.45) is 0 Å². The van der Waals surface area contributed by atoms with Crippen LogP contribution in [-0.4, -0.2) is 5.11 Å². The number of aliphatic hydroxyl groups excluding tert-OH is 1. The van der Waals surface area contributed by atoms with Crippen molar-refractivity contribution in [3.8, 4) is 0 Å². The minimum absolute atomic E-state index is 0.425. The van der Waals surface area contributed by atoms with Crippen LogP contribution in [-0.2, 0) is 6.42 Å². The number of benzene rings is 2. The van der Waals surface area contributed by atoms with Crippen molar-refractivity contribution in [1.82, 2.24) is 0 Å². The zero-order chi connectivity index (χ0) is 12.3. The lowest BCUT2D eigenvalue weighted by Crippen LogP contribution is -2.03. The van der Waals surface area contributed by atoms with Gasteiger partial charge in [-0.2, -0.15) is 0 Å². The van der Waals surface area contributed by atoms with E-state index in [0.29, 0.717) is 6.42 Å². The lowest BCUT2D eigenvalue weighted by atomic mass is 9.98. The second kappa shape index (κ2) is 5.65. The number of hydrogen-bond donors (Lipinski definition) is 1. The highest BCUT2D eigenvalue weighted by Gasteiger charge is 2.09. The monoisotopic (exact) mass is 338 g/mol. The zero-order valence-electron chi connectivity index (χ0n) is 9.73. The summed E-state index contributed by atoms with van der Waals surface area (Å²) in [4.78, 5) is 0. The third kappa shape index (κ3) is 3.30. The molecule has 0 aliphatic carbocycles. The van der Waals surface area contributed by atoms with Gasteiger partial charge in [0.05, 0.1) is 6.10 Å². The van der Waals surface area contributed by atoms with Gasteiger partial charge in [0.15, 0.2) is 0 Å². The molecule has 0 amide bonds. The minimum Gasteiger partial charge on any atom is -0.388 e. The molecular weight excluding hydrogens is 323 g/mol.